The summed E-state index contributed by atoms with van der Waals surface area (Å²) >= 11 is 0. The molecule has 3 rings (SSSR count). The van der Waals surface area contributed by atoms with Gasteiger partial charge in [-0.3, -0.25) is 4.90 Å². The quantitative estimate of drug-likeness (QED) is 0.854. The predicted molar refractivity (Wildman–Crippen MR) is 77.8 cm³/mol. The first-order valence-corrected chi connectivity index (χ1v) is 7.63. The summed E-state index contributed by atoms with van der Waals surface area (Å²) in [5, 5.41) is 11.7. The fourth-order valence-corrected chi connectivity index (χ4v) is 3.47. The van der Waals surface area contributed by atoms with Gasteiger partial charge in [-0.25, -0.2) is 4.79 Å². The summed E-state index contributed by atoms with van der Waals surface area (Å²) in [6, 6.07) is 4.51. The molecule has 2 amide bonds. The molecule has 7 heteroatoms. The first-order valence-electron chi connectivity index (χ1n) is 7.63. The van der Waals surface area contributed by atoms with E-state index in [4.69, 9.17) is 5.26 Å². The van der Waals surface area contributed by atoms with Crippen LogP contribution in [0.25, 0.3) is 0 Å². The van der Waals surface area contributed by atoms with Crippen LogP contribution in [0.15, 0.2) is 18.2 Å². The van der Waals surface area contributed by atoms with Crippen molar-refractivity contribution in [1.82, 2.24) is 5.32 Å². The summed E-state index contributed by atoms with van der Waals surface area (Å²) in [4.78, 5) is 13.7. The SMILES string of the molecule is N#Cc1ccc(N2C(=O)N[C@@H]3CCCCC[C@H]32)cc1C(F)(F)F. The Bertz CT molecular complexity index is 666. The standard InChI is InChI=1S/C16H16F3N3O/c17-16(18,19)12-8-11(7-6-10(12)9-20)22-14-5-3-1-2-4-13(14)21-15(22)23/h6-8,13-14H,1-5H2,(H,21,23)/t13-,14-/m1/s1. The summed E-state index contributed by atoms with van der Waals surface area (Å²) in [5.41, 5.74) is -1.23. The van der Waals surface area contributed by atoms with Crippen LogP contribution in [0.5, 0.6) is 0 Å². The lowest BCUT2D eigenvalue weighted by atomic mass is 10.0. The minimum atomic E-state index is -4.62. The van der Waals surface area contributed by atoms with Gasteiger partial charge in [-0.05, 0) is 31.0 Å². The zero-order chi connectivity index (χ0) is 16.6. The Balaban J connectivity index is 2.01. The van der Waals surface area contributed by atoms with Gasteiger partial charge in [-0.2, -0.15) is 18.4 Å². The second-order valence-electron chi connectivity index (χ2n) is 5.97. The van der Waals surface area contributed by atoms with Crippen molar-refractivity contribution in [2.75, 3.05) is 4.90 Å². The number of benzene rings is 1. The minimum Gasteiger partial charge on any atom is -0.333 e. The molecule has 1 N–H and O–H groups in total. The van der Waals surface area contributed by atoms with Crippen LogP contribution in [0.1, 0.15) is 43.2 Å². The van der Waals surface area contributed by atoms with Crippen LogP contribution in [-0.4, -0.2) is 18.1 Å². The number of hydrogen-bond acceptors (Lipinski definition) is 2. The van der Waals surface area contributed by atoms with Crippen molar-refractivity contribution >= 4 is 11.7 Å². The predicted octanol–water partition coefficient (Wildman–Crippen LogP) is 3.81. The van der Waals surface area contributed by atoms with Gasteiger partial charge >= 0.3 is 12.2 Å². The van der Waals surface area contributed by atoms with Crippen molar-refractivity contribution in [3.8, 4) is 6.07 Å². The van der Waals surface area contributed by atoms with E-state index in [9.17, 15) is 18.0 Å². The number of fused-ring (bicyclic) bond motifs is 1. The van der Waals surface area contributed by atoms with E-state index in [0.717, 1.165) is 44.2 Å². The molecule has 0 unspecified atom stereocenters. The fourth-order valence-electron chi connectivity index (χ4n) is 3.47. The molecule has 2 atom stereocenters. The van der Waals surface area contributed by atoms with Crippen LogP contribution < -0.4 is 10.2 Å². The molecule has 1 aliphatic carbocycles. The van der Waals surface area contributed by atoms with Crippen LogP contribution in [0.3, 0.4) is 0 Å². The Kier molecular flexibility index (Phi) is 3.92. The van der Waals surface area contributed by atoms with Crippen molar-refractivity contribution in [2.24, 2.45) is 0 Å². The molecule has 23 heavy (non-hydrogen) atoms. The first-order chi connectivity index (χ1) is 10.9. The number of carbonyl (C=O) groups is 1. The number of amides is 2. The molecule has 122 valence electrons. The summed E-state index contributed by atoms with van der Waals surface area (Å²) in [6.07, 6.45) is 0.0174. The number of nitrogens with one attached hydrogen (secondary N) is 1. The Hall–Kier alpha value is -2.23. The smallest absolute Gasteiger partial charge is 0.333 e. The molecular formula is C16H16F3N3O. The molecule has 1 heterocycles. The highest BCUT2D eigenvalue weighted by molar-refractivity contribution is 5.95. The average molecular weight is 323 g/mol. The summed E-state index contributed by atoms with van der Waals surface area (Å²) in [6.45, 7) is 0. The van der Waals surface area contributed by atoms with Crippen LogP contribution >= 0.6 is 0 Å². The monoisotopic (exact) mass is 323 g/mol. The maximum absolute atomic E-state index is 13.1. The first kappa shape index (κ1) is 15.7. The molecule has 2 fully saturated rings. The third-order valence-corrected chi connectivity index (χ3v) is 4.55. The second kappa shape index (κ2) is 5.76. The molecule has 0 spiro atoms. The lowest BCUT2D eigenvalue weighted by Gasteiger charge is -2.26. The highest BCUT2D eigenvalue weighted by Gasteiger charge is 2.41. The van der Waals surface area contributed by atoms with Crippen LogP contribution in [0, 0.1) is 11.3 Å². The molecule has 1 aliphatic heterocycles. The third-order valence-electron chi connectivity index (χ3n) is 4.55. The zero-order valence-corrected chi connectivity index (χ0v) is 12.4. The van der Waals surface area contributed by atoms with E-state index in [1.165, 1.54) is 11.0 Å². The summed E-state index contributed by atoms with van der Waals surface area (Å²) in [7, 11) is 0. The minimum absolute atomic E-state index is 0.0185. The number of alkyl halides is 3. The van der Waals surface area contributed by atoms with Crippen molar-refractivity contribution < 1.29 is 18.0 Å². The van der Waals surface area contributed by atoms with Crippen molar-refractivity contribution in [3.63, 3.8) is 0 Å². The number of carbonyl (C=O) groups excluding carboxylic acids is 1. The Morgan fingerprint density at radius 3 is 2.65 bits per heavy atom. The van der Waals surface area contributed by atoms with Gasteiger partial charge in [-0.1, -0.05) is 19.3 Å². The van der Waals surface area contributed by atoms with Crippen molar-refractivity contribution in [3.05, 3.63) is 29.3 Å². The molecular weight excluding hydrogens is 307 g/mol. The van der Waals surface area contributed by atoms with Gasteiger partial charge in [0, 0.05) is 5.69 Å². The van der Waals surface area contributed by atoms with E-state index in [2.05, 4.69) is 5.32 Å². The number of nitriles is 1. The summed E-state index contributed by atoms with van der Waals surface area (Å²) < 4.78 is 39.4. The topological polar surface area (TPSA) is 56.1 Å². The molecule has 1 saturated carbocycles. The average Bonchev–Trinajstić information content (AvgIpc) is 2.67. The van der Waals surface area contributed by atoms with E-state index < -0.39 is 17.3 Å². The molecule has 0 radical (unpaired) electrons. The van der Waals surface area contributed by atoms with Gasteiger partial charge < -0.3 is 5.32 Å². The molecule has 1 aromatic rings. The van der Waals surface area contributed by atoms with Gasteiger partial charge in [-0.15, -0.1) is 0 Å². The normalized spacial score (nSPS) is 24.6. The maximum atomic E-state index is 13.1. The molecule has 1 saturated heterocycles. The molecule has 4 nitrogen and oxygen atoms in total. The van der Waals surface area contributed by atoms with Crippen LogP contribution in [0.2, 0.25) is 0 Å². The second-order valence-corrected chi connectivity index (χ2v) is 5.97. The van der Waals surface area contributed by atoms with E-state index in [0.29, 0.717) is 0 Å². The number of urea groups is 1. The van der Waals surface area contributed by atoms with Crippen LogP contribution in [0.4, 0.5) is 23.7 Å². The Morgan fingerprint density at radius 1 is 1.22 bits per heavy atom. The molecule has 2 aliphatic rings. The number of hydrogen-bond donors (Lipinski definition) is 1. The largest absolute Gasteiger partial charge is 0.417 e. The Labute approximate surface area is 131 Å². The molecule has 0 bridgehead atoms. The lowest BCUT2D eigenvalue weighted by Crippen LogP contribution is -2.36. The zero-order valence-electron chi connectivity index (χ0n) is 12.4. The van der Waals surface area contributed by atoms with Gasteiger partial charge in [0.2, 0.25) is 0 Å². The van der Waals surface area contributed by atoms with Crippen molar-refractivity contribution in [2.45, 2.75) is 50.4 Å². The van der Waals surface area contributed by atoms with E-state index in [1.54, 1.807) is 6.07 Å². The molecule has 1 aromatic carbocycles. The summed E-state index contributed by atoms with van der Waals surface area (Å²) in [5.74, 6) is 0. The number of nitrogens with zero attached hydrogens (tertiary/aromatic N) is 2. The van der Waals surface area contributed by atoms with Gasteiger partial charge in [0.05, 0.1) is 29.3 Å². The third kappa shape index (κ3) is 2.85. The maximum Gasteiger partial charge on any atom is 0.417 e. The number of rotatable bonds is 1. The fraction of sp³-hybridized carbons (Fsp3) is 0.500. The molecule has 0 aromatic heterocycles. The van der Waals surface area contributed by atoms with Crippen LogP contribution in [-0.2, 0) is 6.18 Å². The van der Waals surface area contributed by atoms with Gasteiger partial charge in [0.1, 0.15) is 0 Å². The van der Waals surface area contributed by atoms with E-state index in [1.807, 2.05) is 0 Å². The van der Waals surface area contributed by atoms with E-state index >= 15 is 0 Å². The number of halogens is 3. The number of anilines is 1. The Morgan fingerprint density at radius 2 is 1.96 bits per heavy atom. The van der Waals surface area contributed by atoms with Gasteiger partial charge in [0.15, 0.2) is 0 Å². The lowest BCUT2D eigenvalue weighted by molar-refractivity contribution is -0.137. The highest BCUT2D eigenvalue weighted by Crippen LogP contribution is 2.37. The highest BCUT2D eigenvalue weighted by atomic mass is 19.4. The van der Waals surface area contributed by atoms with Gasteiger partial charge in [0.25, 0.3) is 0 Å². The van der Waals surface area contributed by atoms with E-state index in [-0.39, 0.29) is 23.8 Å². The van der Waals surface area contributed by atoms with Crippen molar-refractivity contribution in [1.29, 1.82) is 5.26 Å².